The van der Waals surface area contributed by atoms with Gasteiger partial charge in [-0.15, -0.1) is 0 Å². The predicted molar refractivity (Wildman–Crippen MR) is 63.3 cm³/mol. The SMILES string of the molecule is COc1ccc(OC)c(C)c1.CS(N)(=O)=O. The van der Waals surface area contributed by atoms with E-state index in [1.54, 1.807) is 14.2 Å². The Labute approximate surface area is 96.2 Å². The van der Waals surface area contributed by atoms with Gasteiger partial charge in [-0.3, -0.25) is 0 Å². The summed E-state index contributed by atoms with van der Waals surface area (Å²) in [6.45, 7) is 1.99. The molecule has 2 N–H and O–H groups in total. The molecule has 0 fully saturated rings. The molecule has 0 heterocycles. The van der Waals surface area contributed by atoms with E-state index in [9.17, 15) is 8.42 Å². The lowest BCUT2D eigenvalue weighted by molar-refractivity contribution is 0.400. The maximum atomic E-state index is 9.41. The normalized spacial score (nSPS) is 10.1. The molecule has 16 heavy (non-hydrogen) atoms. The number of rotatable bonds is 2. The molecule has 0 atom stereocenters. The molecule has 5 nitrogen and oxygen atoms in total. The first-order valence-corrected chi connectivity index (χ1v) is 6.39. The highest BCUT2D eigenvalue weighted by Crippen LogP contribution is 2.22. The van der Waals surface area contributed by atoms with Crippen LogP contribution >= 0.6 is 0 Å². The van der Waals surface area contributed by atoms with Gasteiger partial charge >= 0.3 is 0 Å². The summed E-state index contributed by atoms with van der Waals surface area (Å²) >= 11 is 0. The molecule has 0 spiro atoms. The van der Waals surface area contributed by atoms with Gasteiger partial charge in [-0.2, -0.15) is 0 Å². The minimum atomic E-state index is -3.17. The topological polar surface area (TPSA) is 78.6 Å². The summed E-state index contributed by atoms with van der Waals surface area (Å²) in [7, 11) is 0.149. The van der Waals surface area contributed by atoms with E-state index in [-0.39, 0.29) is 0 Å². The Morgan fingerprint density at radius 3 is 2.00 bits per heavy atom. The third-order valence-electron chi connectivity index (χ3n) is 1.60. The number of primary sulfonamides is 1. The van der Waals surface area contributed by atoms with Gasteiger partial charge in [0.1, 0.15) is 11.5 Å². The fraction of sp³-hybridized carbons (Fsp3) is 0.400. The van der Waals surface area contributed by atoms with Gasteiger partial charge in [-0.05, 0) is 30.7 Å². The molecular formula is C10H17NO4S. The van der Waals surface area contributed by atoms with E-state index in [4.69, 9.17) is 9.47 Å². The van der Waals surface area contributed by atoms with Gasteiger partial charge in [0.2, 0.25) is 10.0 Å². The molecule has 0 aliphatic heterocycles. The summed E-state index contributed by atoms with van der Waals surface area (Å²) in [4.78, 5) is 0. The fourth-order valence-corrected chi connectivity index (χ4v) is 0.978. The molecule has 0 aromatic heterocycles. The molecule has 1 aromatic rings. The summed E-state index contributed by atoms with van der Waals surface area (Å²) in [5, 5.41) is 4.33. The largest absolute Gasteiger partial charge is 0.497 e. The zero-order valence-electron chi connectivity index (χ0n) is 9.85. The molecule has 0 aliphatic rings. The number of hydrogen-bond acceptors (Lipinski definition) is 4. The minimum Gasteiger partial charge on any atom is -0.497 e. The zero-order chi connectivity index (χ0) is 12.8. The molecule has 92 valence electrons. The maximum Gasteiger partial charge on any atom is 0.206 e. The highest BCUT2D eigenvalue weighted by atomic mass is 32.2. The first-order valence-electron chi connectivity index (χ1n) is 4.44. The molecule has 0 amide bonds. The second-order valence-corrected chi connectivity index (χ2v) is 4.82. The first-order chi connectivity index (χ1) is 7.27. The Hall–Kier alpha value is -1.27. The highest BCUT2D eigenvalue weighted by molar-refractivity contribution is 7.88. The number of ether oxygens (including phenoxy) is 2. The summed E-state index contributed by atoms with van der Waals surface area (Å²) in [6.07, 6.45) is 0.938. The van der Waals surface area contributed by atoms with Gasteiger partial charge in [0, 0.05) is 0 Å². The third-order valence-corrected chi connectivity index (χ3v) is 1.60. The van der Waals surface area contributed by atoms with E-state index in [1.165, 1.54) is 0 Å². The van der Waals surface area contributed by atoms with Crippen molar-refractivity contribution in [2.45, 2.75) is 6.92 Å². The zero-order valence-corrected chi connectivity index (χ0v) is 10.7. The fourth-order valence-electron chi connectivity index (χ4n) is 0.978. The van der Waals surface area contributed by atoms with Crippen molar-refractivity contribution >= 4 is 10.0 Å². The molecule has 0 bridgehead atoms. The monoisotopic (exact) mass is 247 g/mol. The third kappa shape index (κ3) is 7.08. The first kappa shape index (κ1) is 14.7. The lowest BCUT2D eigenvalue weighted by Gasteiger charge is -2.05. The summed E-state index contributed by atoms with van der Waals surface area (Å²) < 4.78 is 28.9. The number of hydrogen-bond donors (Lipinski definition) is 1. The molecular weight excluding hydrogens is 230 g/mol. The van der Waals surface area contributed by atoms with Crippen molar-refractivity contribution in [2.24, 2.45) is 5.14 Å². The Morgan fingerprint density at radius 1 is 1.19 bits per heavy atom. The van der Waals surface area contributed by atoms with Gasteiger partial charge in [0.05, 0.1) is 20.5 Å². The molecule has 1 aromatic carbocycles. The standard InChI is InChI=1S/C9H12O2.CH5NO2S/c1-7-6-8(10-2)4-5-9(7)11-3;1-5(2,3)4/h4-6H,1-3H3;1H3,(H2,2,3,4). The Kier molecular flexibility index (Phi) is 5.84. The van der Waals surface area contributed by atoms with Gasteiger partial charge in [-0.1, -0.05) is 0 Å². The van der Waals surface area contributed by atoms with Gasteiger partial charge in [0.25, 0.3) is 0 Å². The van der Waals surface area contributed by atoms with Gasteiger partial charge in [0.15, 0.2) is 0 Å². The lowest BCUT2D eigenvalue weighted by atomic mass is 10.2. The second-order valence-electron chi connectivity index (χ2n) is 3.17. The molecule has 0 aliphatic carbocycles. The number of aryl methyl sites for hydroxylation is 1. The van der Waals surface area contributed by atoms with Crippen LogP contribution in [0.4, 0.5) is 0 Å². The van der Waals surface area contributed by atoms with Crippen LogP contribution in [0.25, 0.3) is 0 Å². The van der Waals surface area contributed by atoms with Crippen LogP contribution in [0.15, 0.2) is 18.2 Å². The van der Waals surface area contributed by atoms with Crippen molar-refractivity contribution in [3.8, 4) is 11.5 Å². The van der Waals surface area contributed by atoms with Crippen LogP contribution in [0.1, 0.15) is 5.56 Å². The molecule has 0 saturated carbocycles. The van der Waals surface area contributed by atoms with Crippen LogP contribution in [-0.2, 0) is 10.0 Å². The number of sulfonamides is 1. The van der Waals surface area contributed by atoms with Crippen LogP contribution in [0.3, 0.4) is 0 Å². The number of methoxy groups -OCH3 is 2. The van der Waals surface area contributed by atoms with Gasteiger partial charge in [-0.25, -0.2) is 13.6 Å². The van der Waals surface area contributed by atoms with Gasteiger partial charge < -0.3 is 9.47 Å². The van der Waals surface area contributed by atoms with Crippen LogP contribution in [0, 0.1) is 6.92 Å². The van der Waals surface area contributed by atoms with E-state index in [0.29, 0.717) is 0 Å². The minimum absolute atomic E-state index is 0.864. The maximum absolute atomic E-state index is 9.41. The number of nitrogens with two attached hydrogens (primary N) is 1. The van der Waals surface area contributed by atoms with Crippen LogP contribution in [0.2, 0.25) is 0 Å². The van der Waals surface area contributed by atoms with E-state index < -0.39 is 10.0 Å². The molecule has 1 rings (SSSR count). The summed E-state index contributed by atoms with van der Waals surface area (Å²) in [5.74, 6) is 1.76. The van der Waals surface area contributed by atoms with E-state index >= 15 is 0 Å². The van der Waals surface area contributed by atoms with Crippen molar-refractivity contribution in [1.82, 2.24) is 0 Å². The average Bonchev–Trinajstić information content (AvgIpc) is 2.15. The van der Waals surface area contributed by atoms with Crippen molar-refractivity contribution in [2.75, 3.05) is 20.5 Å². The average molecular weight is 247 g/mol. The molecule has 6 heteroatoms. The van der Waals surface area contributed by atoms with Crippen LogP contribution in [-0.4, -0.2) is 28.9 Å². The highest BCUT2D eigenvalue weighted by Gasteiger charge is 1.97. The Bertz CT molecular complexity index is 420. The molecule has 0 radical (unpaired) electrons. The van der Waals surface area contributed by atoms with Crippen molar-refractivity contribution < 1.29 is 17.9 Å². The van der Waals surface area contributed by atoms with Crippen LogP contribution < -0.4 is 14.6 Å². The smallest absolute Gasteiger partial charge is 0.206 e. The Morgan fingerprint density at radius 2 is 1.69 bits per heavy atom. The van der Waals surface area contributed by atoms with E-state index in [0.717, 1.165) is 23.3 Å². The summed E-state index contributed by atoms with van der Waals surface area (Å²) in [5.41, 5.74) is 1.09. The van der Waals surface area contributed by atoms with Crippen molar-refractivity contribution in [3.63, 3.8) is 0 Å². The second kappa shape index (κ2) is 6.34. The molecule has 0 saturated heterocycles. The van der Waals surface area contributed by atoms with Crippen molar-refractivity contribution in [3.05, 3.63) is 23.8 Å². The lowest BCUT2D eigenvalue weighted by Crippen LogP contribution is -2.07. The molecule has 0 unspecified atom stereocenters. The van der Waals surface area contributed by atoms with Crippen molar-refractivity contribution in [1.29, 1.82) is 0 Å². The predicted octanol–water partition coefficient (Wildman–Crippen LogP) is 0.917. The van der Waals surface area contributed by atoms with E-state index in [1.807, 2.05) is 25.1 Å². The summed E-state index contributed by atoms with van der Waals surface area (Å²) in [6, 6.07) is 5.72. The van der Waals surface area contributed by atoms with Crippen LogP contribution in [0.5, 0.6) is 11.5 Å². The van der Waals surface area contributed by atoms with E-state index in [2.05, 4.69) is 5.14 Å². The quantitative estimate of drug-likeness (QED) is 0.842. The number of benzene rings is 1. The Balaban J connectivity index is 0.000000385.